The molecule has 2 aromatic heterocycles. The van der Waals surface area contributed by atoms with Crippen molar-refractivity contribution in [2.24, 2.45) is 0 Å². The number of hydrogen-bond acceptors (Lipinski definition) is 5. The highest BCUT2D eigenvalue weighted by atomic mass is 32.1. The molecule has 0 spiro atoms. The summed E-state index contributed by atoms with van der Waals surface area (Å²) in [7, 11) is 0. The average Bonchev–Trinajstić information content (AvgIpc) is 2.40. The molecule has 0 aliphatic carbocycles. The van der Waals surface area contributed by atoms with Gasteiger partial charge in [0.1, 0.15) is 6.33 Å². The van der Waals surface area contributed by atoms with Crippen LogP contribution in [-0.2, 0) is 19.5 Å². The van der Waals surface area contributed by atoms with Crippen LogP contribution in [0.5, 0.6) is 0 Å². The molecule has 3 heterocycles. The van der Waals surface area contributed by atoms with E-state index in [2.05, 4.69) is 24.8 Å². The van der Waals surface area contributed by atoms with Gasteiger partial charge in [0, 0.05) is 49.7 Å². The van der Waals surface area contributed by atoms with Gasteiger partial charge in [-0.15, -0.1) is 0 Å². The second-order valence-corrected chi connectivity index (χ2v) is 4.98. The molecule has 1 aliphatic rings. The van der Waals surface area contributed by atoms with E-state index in [9.17, 15) is 4.79 Å². The minimum atomic E-state index is -0.0900. The van der Waals surface area contributed by atoms with Crippen LogP contribution < -0.4 is 5.56 Å². The lowest BCUT2D eigenvalue weighted by atomic mass is 10.1. The molecular weight excluding hydrogens is 262 g/mol. The maximum Gasteiger partial charge on any atom is 0.256 e. The number of H-pyrrole nitrogens is 2. The van der Waals surface area contributed by atoms with E-state index in [1.165, 1.54) is 6.33 Å². The zero-order valence-corrected chi connectivity index (χ0v) is 11.0. The van der Waals surface area contributed by atoms with Crippen LogP contribution in [0.1, 0.15) is 16.8 Å². The molecular formula is C12H13N5OS. The van der Waals surface area contributed by atoms with Gasteiger partial charge in [-0.2, -0.15) is 0 Å². The van der Waals surface area contributed by atoms with E-state index in [-0.39, 0.29) is 5.56 Å². The van der Waals surface area contributed by atoms with E-state index in [0.717, 1.165) is 36.3 Å². The van der Waals surface area contributed by atoms with E-state index in [1.807, 2.05) is 0 Å². The van der Waals surface area contributed by atoms with E-state index in [1.54, 1.807) is 12.4 Å². The Balaban J connectivity index is 1.83. The van der Waals surface area contributed by atoms with Crippen molar-refractivity contribution in [2.45, 2.75) is 19.5 Å². The first-order valence-electron chi connectivity index (χ1n) is 6.03. The van der Waals surface area contributed by atoms with Crippen LogP contribution in [0.25, 0.3) is 0 Å². The minimum Gasteiger partial charge on any atom is -0.335 e. The number of nitrogens with one attached hydrogen (secondary N) is 2. The molecule has 7 heteroatoms. The lowest BCUT2D eigenvalue weighted by molar-refractivity contribution is 0.241. The first kappa shape index (κ1) is 12.2. The molecule has 0 radical (unpaired) electrons. The Kier molecular flexibility index (Phi) is 3.22. The van der Waals surface area contributed by atoms with Crippen molar-refractivity contribution in [3.8, 4) is 0 Å². The van der Waals surface area contributed by atoms with Crippen molar-refractivity contribution in [2.75, 3.05) is 6.54 Å². The summed E-state index contributed by atoms with van der Waals surface area (Å²) in [6.07, 6.45) is 5.91. The van der Waals surface area contributed by atoms with Gasteiger partial charge in [0.15, 0.2) is 4.77 Å². The molecule has 0 atom stereocenters. The maximum atomic E-state index is 11.9. The molecule has 98 valence electrons. The molecule has 0 saturated carbocycles. The standard InChI is InChI=1S/C12H13N5OS/c18-11-9-6-17(5-8-3-13-7-14-4-8)2-1-10(9)15-12(19)16-11/h3-4,7H,1-2,5-6H2,(H2,15,16,18,19). The van der Waals surface area contributed by atoms with Crippen LogP contribution in [0.3, 0.4) is 0 Å². The van der Waals surface area contributed by atoms with Crippen LogP contribution in [0.15, 0.2) is 23.5 Å². The van der Waals surface area contributed by atoms with Crippen molar-refractivity contribution in [1.82, 2.24) is 24.8 Å². The fourth-order valence-corrected chi connectivity index (χ4v) is 2.53. The van der Waals surface area contributed by atoms with Gasteiger partial charge in [0.05, 0.1) is 5.56 Å². The van der Waals surface area contributed by atoms with Crippen LogP contribution in [0, 0.1) is 4.77 Å². The highest BCUT2D eigenvalue weighted by molar-refractivity contribution is 7.71. The third kappa shape index (κ3) is 2.61. The lowest BCUT2D eigenvalue weighted by Gasteiger charge is -2.27. The number of fused-ring (bicyclic) bond motifs is 1. The summed E-state index contributed by atoms with van der Waals surface area (Å²) >= 11 is 4.98. The molecule has 0 saturated heterocycles. The molecule has 2 aromatic rings. The van der Waals surface area contributed by atoms with Crippen molar-refractivity contribution < 1.29 is 0 Å². The molecule has 0 aromatic carbocycles. The number of hydrogen-bond donors (Lipinski definition) is 2. The SMILES string of the molecule is O=c1[nH]c(=S)[nH]c2c1CN(Cc1cncnc1)CC2. The number of rotatable bonds is 2. The Labute approximate surface area is 114 Å². The molecule has 3 rings (SSSR count). The Hall–Kier alpha value is -1.86. The van der Waals surface area contributed by atoms with E-state index in [4.69, 9.17) is 12.2 Å². The summed E-state index contributed by atoms with van der Waals surface area (Å²) in [5.41, 5.74) is 2.69. The van der Waals surface area contributed by atoms with Gasteiger partial charge in [-0.3, -0.25) is 14.7 Å². The van der Waals surface area contributed by atoms with Gasteiger partial charge in [0.2, 0.25) is 0 Å². The van der Waals surface area contributed by atoms with Crippen LogP contribution in [0.4, 0.5) is 0 Å². The van der Waals surface area contributed by atoms with Crippen LogP contribution in [-0.4, -0.2) is 31.4 Å². The van der Waals surface area contributed by atoms with Gasteiger partial charge < -0.3 is 4.98 Å². The Morgan fingerprint density at radius 1 is 1.32 bits per heavy atom. The number of aromatic amines is 2. The summed E-state index contributed by atoms with van der Waals surface area (Å²) in [6.45, 7) is 2.25. The Bertz CT molecular complexity index is 693. The predicted octanol–water partition coefficient (Wildman–Crippen LogP) is 0.781. The monoisotopic (exact) mass is 275 g/mol. The highest BCUT2D eigenvalue weighted by Crippen LogP contribution is 2.15. The van der Waals surface area contributed by atoms with E-state index in [0.29, 0.717) is 11.3 Å². The van der Waals surface area contributed by atoms with Crippen molar-refractivity contribution in [1.29, 1.82) is 0 Å². The molecule has 0 amide bonds. The van der Waals surface area contributed by atoms with Crippen molar-refractivity contribution in [3.63, 3.8) is 0 Å². The fourth-order valence-electron chi connectivity index (χ4n) is 2.32. The second kappa shape index (κ2) is 5.02. The van der Waals surface area contributed by atoms with Gasteiger partial charge in [-0.05, 0) is 12.2 Å². The van der Waals surface area contributed by atoms with Gasteiger partial charge >= 0.3 is 0 Å². The van der Waals surface area contributed by atoms with Gasteiger partial charge in [-0.1, -0.05) is 0 Å². The zero-order valence-electron chi connectivity index (χ0n) is 10.2. The van der Waals surface area contributed by atoms with Crippen LogP contribution >= 0.6 is 12.2 Å². The first-order valence-corrected chi connectivity index (χ1v) is 6.44. The Morgan fingerprint density at radius 3 is 2.89 bits per heavy atom. The van der Waals surface area contributed by atoms with Gasteiger partial charge in [-0.25, -0.2) is 9.97 Å². The molecule has 0 bridgehead atoms. The molecule has 1 aliphatic heterocycles. The summed E-state index contributed by atoms with van der Waals surface area (Å²) in [6, 6.07) is 0. The largest absolute Gasteiger partial charge is 0.335 e. The third-order valence-electron chi connectivity index (χ3n) is 3.21. The quantitative estimate of drug-likeness (QED) is 0.792. The number of nitrogens with zero attached hydrogens (tertiary/aromatic N) is 3. The molecule has 0 unspecified atom stereocenters. The zero-order chi connectivity index (χ0) is 13.2. The summed E-state index contributed by atoms with van der Waals surface area (Å²) in [5.74, 6) is 0. The fraction of sp³-hybridized carbons (Fsp3) is 0.333. The molecule has 0 fully saturated rings. The van der Waals surface area contributed by atoms with Crippen molar-refractivity contribution >= 4 is 12.2 Å². The maximum absolute atomic E-state index is 11.9. The molecule has 19 heavy (non-hydrogen) atoms. The average molecular weight is 275 g/mol. The van der Waals surface area contributed by atoms with Crippen LogP contribution in [0.2, 0.25) is 0 Å². The first-order chi connectivity index (χ1) is 9.22. The van der Waals surface area contributed by atoms with Crippen molar-refractivity contribution in [3.05, 3.63) is 50.7 Å². The van der Waals surface area contributed by atoms with Gasteiger partial charge in [0.25, 0.3) is 5.56 Å². The summed E-state index contributed by atoms with van der Waals surface area (Å²) < 4.78 is 0.397. The molecule has 6 nitrogen and oxygen atoms in total. The normalized spacial score (nSPS) is 15.2. The second-order valence-electron chi connectivity index (χ2n) is 4.57. The third-order valence-corrected chi connectivity index (χ3v) is 3.41. The predicted molar refractivity (Wildman–Crippen MR) is 72.1 cm³/mol. The number of aromatic nitrogens is 4. The topological polar surface area (TPSA) is 77.7 Å². The van der Waals surface area contributed by atoms with E-state index < -0.39 is 0 Å². The highest BCUT2D eigenvalue weighted by Gasteiger charge is 2.19. The van der Waals surface area contributed by atoms with E-state index >= 15 is 0 Å². The lowest BCUT2D eigenvalue weighted by Crippen LogP contribution is -2.35. The summed E-state index contributed by atoms with van der Waals surface area (Å²) in [5, 5.41) is 0. The Morgan fingerprint density at radius 2 is 2.11 bits per heavy atom. The smallest absolute Gasteiger partial charge is 0.256 e. The molecule has 2 N–H and O–H groups in total. The summed E-state index contributed by atoms with van der Waals surface area (Å²) in [4.78, 5) is 27.8. The minimum absolute atomic E-state index is 0.0900.